The second kappa shape index (κ2) is 32.0. The lowest BCUT2D eigenvalue weighted by Crippen LogP contribution is -2.61. The molecule has 27 nitrogen and oxygen atoms in total. The van der Waals surface area contributed by atoms with E-state index in [9.17, 15) is 53.1 Å². The van der Waals surface area contributed by atoms with Crippen LogP contribution in [0.4, 0.5) is 0 Å². The zero-order valence-electron chi connectivity index (χ0n) is 44.0. The number of primary amides is 1. The number of unbranched alkanes of at least 4 members (excludes halogenated alkanes) is 1. The number of imidazole rings is 1. The molecular weight excluding hydrogens is 1080 g/mol. The van der Waals surface area contributed by atoms with E-state index in [0.29, 0.717) is 47.1 Å². The van der Waals surface area contributed by atoms with Crippen molar-refractivity contribution in [2.75, 3.05) is 24.6 Å². The minimum atomic E-state index is -1.60. The number of rotatable bonds is 21. The highest BCUT2D eigenvalue weighted by Crippen LogP contribution is 2.25. The van der Waals surface area contributed by atoms with Crippen LogP contribution in [0.25, 0.3) is 10.9 Å². The first-order valence-electron chi connectivity index (χ1n) is 25.8. The number of carboxylic acid groups (broad SMARTS) is 1. The van der Waals surface area contributed by atoms with Gasteiger partial charge in [0.15, 0.2) is 5.96 Å². The number of amides is 9. The topological polar surface area (TPSA) is 448 Å². The van der Waals surface area contributed by atoms with E-state index >= 15 is 0 Å². The summed E-state index contributed by atoms with van der Waals surface area (Å²) in [6.45, 7) is 1.47. The van der Waals surface area contributed by atoms with Crippen LogP contribution in [0.2, 0.25) is 0 Å². The van der Waals surface area contributed by atoms with Gasteiger partial charge in [-0.25, -0.2) is 4.98 Å². The second-order valence-electron chi connectivity index (χ2n) is 18.9. The van der Waals surface area contributed by atoms with Gasteiger partial charge in [-0.3, -0.25) is 52.9 Å². The van der Waals surface area contributed by atoms with Gasteiger partial charge in [-0.15, -0.1) is 0 Å². The molecule has 2 aromatic heterocycles. The Hall–Kier alpha value is -8.18. The number of hydrogen-bond donors (Lipinski definition) is 15. The average Bonchev–Trinajstić information content (AvgIpc) is 4.09. The first kappa shape index (κ1) is 62.7. The standard InChI is InChI=1S/C51H70N16O11S2/c1-28(68)60-40-25-79-80-26-41(50(78)61-34(43(53)71)14-7-8-18-52)67-47(75)38(21-30-23-58-33-13-6-5-12-32(30)33)65-44(72)35(15-9-19-57-51(54)55)62-46(74)37(20-29-10-3-2-4-11-29)64-48(76)39(22-31-24-56-27-59-31)66-45(73)36(63-49(40)77)16-17-42(69)70/h2-6,10-13,23-24,27,34-41,58H,7-9,14-22,25-26,52H2,1H3,(H2,53,71)(H,56,59)(H,60,68)(H,61,78)(H,62,74)(H,63,77)(H,64,76)(H,65,72)(H,66,73)(H,67,75)(H,69,70)(H4,54,55,57)/t34-,35+,36-,37-,38-,39+,40-,41-/m0/s1. The van der Waals surface area contributed by atoms with Crippen molar-refractivity contribution in [2.24, 2.45) is 27.9 Å². The van der Waals surface area contributed by atoms with Gasteiger partial charge in [0, 0.05) is 79.6 Å². The maximum Gasteiger partial charge on any atom is 0.303 e. The molecule has 0 unspecified atom stereocenters. The van der Waals surface area contributed by atoms with Crippen LogP contribution >= 0.6 is 21.6 Å². The Morgan fingerprint density at radius 1 is 0.713 bits per heavy atom. The Morgan fingerprint density at radius 3 is 1.95 bits per heavy atom. The molecule has 5 rings (SSSR count). The zero-order valence-corrected chi connectivity index (χ0v) is 45.6. The summed E-state index contributed by atoms with van der Waals surface area (Å²) < 4.78 is 0. The van der Waals surface area contributed by atoms with E-state index in [0.717, 1.165) is 28.5 Å². The maximum absolute atomic E-state index is 14.9. The number of carboxylic acids is 1. The largest absolute Gasteiger partial charge is 0.481 e. The van der Waals surface area contributed by atoms with E-state index < -0.39 is 120 Å². The Bertz CT molecular complexity index is 2800. The number of aliphatic imine (C=N–C) groups is 1. The monoisotopic (exact) mass is 1150 g/mol. The minimum absolute atomic E-state index is 0.0187. The predicted octanol–water partition coefficient (Wildman–Crippen LogP) is -2.26. The number of nitrogens with zero attached hydrogens (tertiary/aromatic N) is 2. The quantitative estimate of drug-likeness (QED) is 0.0181. The Kier molecular flexibility index (Phi) is 25.1. The Morgan fingerprint density at radius 2 is 1.31 bits per heavy atom. The normalized spacial score (nSPS) is 21.5. The van der Waals surface area contributed by atoms with Crippen LogP contribution in [0, 0.1) is 0 Å². The molecule has 29 heteroatoms. The minimum Gasteiger partial charge on any atom is -0.481 e. The summed E-state index contributed by atoms with van der Waals surface area (Å²) in [4.78, 5) is 153. The van der Waals surface area contributed by atoms with E-state index in [4.69, 9.17) is 22.9 Å². The summed E-state index contributed by atoms with van der Waals surface area (Å²) in [6, 6.07) is 4.30. The molecule has 0 spiro atoms. The fourth-order valence-corrected chi connectivity index (χ4v) is 10.8. The van der Waals surface area contributed by atoms with Crippen LogP contribution in [0.1, 0.15) is 68.7 Å². The van der Waals surface area contributed by atoms with Crippen LogP contribution in [0.3, 0.4) is 0 Å². The number of H-pyrrole nitrogens is 2. The van der Waals surface area contributed by atoms with Crippen LogP contribution in [0.5, 0.6) is 0 Å². The molecule has 1 aliphatic rings. The number of para-hydroxylation sites is 1. The summed E-state index contributed by atoms with van der Waals surface area (Å²) in [5.41, 5.74) is 24.8. The molecule has 8 atom stereocenters. The molecule has 0 bridgehead atoms. The number of nitrogens with two attached hydrogens (primary N) is 4. The molecule has 432 valence electrons. The summed E-state index contributed by atoms with van der Waals surface area (Å²) in [6.07, 6.45) is 3.81. The van der Waals surface area contributed by atoms with Gasteiger partial charge >= 0.3 is 5.97 Å². The van der Waals surface area contributed by atoms with Crippen molar-refractivity contribution in [1.29, 1.82) is 0 Å². The first-order chi connectivity index (χ1) is 38.3. The van der Waals surface area contributed by atoms with Crippen LogP contribution < -0.4 is 65.5 Å². The summed E-state index contributed by atoms with van der Waals surface area (Å²) in [7, 11) is 1.96. The highest BCUT2D eigenvalue weighted by atomic mass is 33.1. The van der Waals surface area contributed by atoms with Gasteiger partial charge < -0.3 is 80.5 Å². The van der Waals surface area contributed by atoms with Crippen molar-refractivity contribution in [3.63, 3.8) is 0 Å². The number of benzene rings is 2. The number of aliphatic carboxylic acids is 1. The average molecular weight is 1150 g/mol. The fraction of sp³-hybridized carbons (Fsp3) is 0.451. The number of aromatic nitrogens is 3. The van der Waals surface area contributed by atoms with Gasteiger partial charge in [-0.1, -0.05) is 70.1 Å². The van der Waals surface area contributed by atoms with E-state index in [1.807, 2.05) is 6.07 Å². The van der Waals surface area contributed by atoms with E-state index in [1.165, 1.54) is 12.5 Å². The molecule has 80 heavy (non-hydrogen) atoms. The van der Waals surface area contributed by atoms with Crippen LogP contribution in [-0.2, 0) is 67.2 Å². The highest BCUT2D eigenvalue weighted by molar-refractivity contribution is 8.76. The van der Waals surface area contributed by atoms with E-state index in [-0.39, 0.29) is 62.5 Å². The van der Waals surface area contributed by atoms with Crippen molar-refractivity contribution in [1.82, 2.24) is 57.5 Å². The molecule has 1 saturated heterocycles. The zero-order chi connectivity index (χ0) is 58.1. The van der Waals surface area contributed by atoms with Crippen molar-refractivity contribution in [2.45, 2.75) is 119 Å². The van der Waals surface area contributed by atoms with Crippen LogP contribution in [0.15, 0.2) is 78.3 Å². The van der Waals surface area contributed by atoms with Crippen LogP contribution in [-0.4, -0.2) is 158 Å². The van der Waals surface area contributed by atoms with Gasteiger partial charge in [0.25, 0.3) is 0 Å². The number of guanidine groups is 1. The third-order valence-electron chi connectivity index (χ3n) is 12.6. The third-order valence-corrected chi connectivity index (χ3v) is 15.0. The molecule has 9 amide bonds. The van der Waals surface area contributed by atoms with E-state index in [1.54, 1.807) is 54.7 Å². The van der Waals surface area contributed by atoms with Gasteiger partial charge in [-0.2, -0.15) is 0 Å². The molecule has 0 saturated carbocycles. The molecule has 4 aromatic rings. The summed E-state index contributed by atoms with van der Waals surface area (Å²) >= 11 is 0. The van der Waals surface area contributed by atoms with Gasteiger partial charge in [0.2, 0.25) is 53.2 Å². The summed E-state index contributed by atoms with van der Waals surface area (Å²) in [5, 5.41) is 31.6. The molecule has 1 aliphatic heterocycles. The van der Waals surface area contributed by atoms with Gasteiger partial charge in [-0.05, 0) is 62.3 Å². The molecule has 0 aliphatic carbocycles. The molecule has 1 fully saturated rings. The van der Waals surface area contributed by atoms with E-state index in [2.05, 4.69) is 62.5 Å². The lowest BCUT2D eigenvalue weighted by molar-refractivity contribution is -0.138. The highest BCUT2D eigenvalue weighted by Gasteiger charge is 2.36. The van der Waals surface area contributed by atoms with Crippen molar-refractivity contribution < 1.29 is 53.1 Å². The van der Waals surface area contributed by atoms with Gasteiger partial charge in [0.1, 0.15) is 48.3 Å². The number of hydrogen-bond acceptors (Lipinski definition) is 15. The van der Waals surface area contributed by atoms with Crippen molar-refractivity contribution in [3.8, 4) is 0 Å². The maximum atomic E-state index is 14.9. The second-order valence-corrected chi connectivity index (χ2v) is 21.4. The number of carbonyl (C=O) groups is 10. The van der Waals surface area contributed by atoms with Crippen molar-refractivity contribution in [3.05, 3.63) is 90.1 Å². The number of aromatic amines is 2. The lowest BCUT2D eigenvalue weighted by Gasteiger charge is -2.28. The predicted molar refractivity (Wildman–Crippen MR) is 299 cm³/mol. The molecule has 3 heterocycles. The molecule has 0 radical (unpaired) electrons. The SMILES string of the molecule is CC(=O)N[C@H]1CSSC[C@@H](C(=O)N[C@@H](CCCCN)C(N)=O)NC(=O)[C@H](Cc2c[nH]c3ccccc23)NC(=O)[C@@H](CCCN=C(N)N)NC(=O)[C@H](Cc2ccccc2)NC(=O)[C@@H](Cc2cnc[nH]2)NC(=O)[C@H](CCC(=O)O)NC1=O. The third kappa shape index (κ3) is 20.6. The number of fused-ring (bicyclic) bond motifs is 1. The van der Waals surface area contributed by atoms with Gasteiger partial charge in [0.05, 0.1) is 6.33 Å². The fourth-order valence-electron chi connectivity index (χ4n) is 8.45. The molecule has 2 aromatic carbocycles. The van der Waals surface area contributed by atoms with Crippen molar-refractivity contribution >= 4 is 97.6 Å². The Labute approximate surface area is 468 Å². The Balaban J connectivity index is 1.63. The lowest BCUT2D eigenvalue weighted by atomic mass is 10.0. The number of carbonyl (C=O) groups excluding carboxylic acids is 9. The summed E-state index contributed by atoms with van der Waals surface area (Å²) in [5.74, 6) is -9.76. The molecule has 19 N–H and O–H groups in total. The molecular formula is C51H70N16O11S2. The smallest absolute Gasteiger partial charge is 0.303 e. The first-order valence-corrected chi connectivity index (χ1v) is 28.3. The number of nitrogens with one attached hydrogen (secondary N) is 10.